The van der Waals surface area contributed by atoms with Crippen LogP contribution in [-0.4, -0.2) is 62.0 Å². The average Bonchev–Trinajstić information content (AvgIpc) is 2.77. The first-order valence-corrected chi connectivity index (χ1v) is 9.15. The van der Waals surface area contributed by atoms with E-state index in [9.17, 15) is 9.59 Å². The van der Waals surface area contributed by atoms with Crippen LogP contribution < -0.4 is 15.2 Å². The van der Waals surface area contributed by atoms with E-state index in [1.165, 1.54) is 7.11 Å². The largest absolute Gasteiger partial charge is 0.493 e. The first-order valence-electron chi connectivity index (χ1n) is 9.15. The van der Waals surface area contributed by atoms with Crippen LogP contribution in [0.3, 0.4) is 0 Å². The fraction of sp³-hybridized carbons (Fsp3) is 0.333. The van der Waals surface area contributed by atoms with Crippen LogP contribution in [0, 0.1) is 0 Å². The van der Waals surface area contributed by atoms with Crippen LogP contribution in [0.5, 0.6) is 11.5 Å². The molecule has 2 N–H and O–H groups in total. The van der Waals surface area contributed by atoms with E-state index >= 15 is 0 Å². The zero-order valence-electron chi connectivity index (χ0n) is 16.1. The number of amides is 2. The summed E-state index contributed by atoms with van der Waals surface area (Å²) in [4.78, 5) is 28.9. The number of benzene rings is 2. The maximum atomic E-state index is 12.8. The molecule has 7 nitrogen and oxygen atoms in total. The number of nitrogens with two attached hydrogens (primary N) is 1. The van der Waals surface area contributed by atoms with Crippen LogP contribution in [0.2, 0.25) is 0 Å². The average molecular weight is 383 g/mol. The molecule has 1 atom stereocenters. The van der Waals surface area contributed by atoms with Gasteiger partial charge in [-0.2, -0.15) is 0 Å². The summed E-state index contributed by atoms with van der Waals surface area (Å²) in [6, 6.07) is 13.7. The topological polar surface area (TPSA) is 85.1 Å². The molecule has 2 aromatic rings. The minimum Gasteiger partial charge on any atom is -0.493 e. The summed E-state index contributed by atoms with van der Waals surface area (Å²) in [7, 11) is 3.09. The first kappa shape index (κ1) is 19.7. The second-order valence-corrected chi connectivity index (χ2v) is 6.58. The van der Waals surface area contributed by atoms with Crippen molar-refractivity contribution in [2.45, 2.75) is 6.04 Å². The highest BCUT2D eigenvalue weighted by Gasteiger charge is 2.28. The SMILES string of the molecule is COc1ccc(C(=O)N2CCN(C(=O)C(N)c3ccccc3)CC2)cc1OC. The second-order valence-electron chi connectivity index (χ2n) is 6.58. The number of ether oxygens (including phenoxy) is 2. The van der Waals surface area contributed by atoms with E-state index in [-0.39, 0.29) is 11.8 Å². The van der Waals surface area contributed by atoms with Crippen molar-refractivity contribution in [3.63, 3.8) is 0 Å². The minimum atomic E-state index is -0.686. The van der Waals surface area contributed by atoms with Crippen LogP contribution in [0.4, 0.5) is 0 Å². The highest BCUT2D eigenvalue weighted by atomic mass is 16.5. The molecular formula is C21H25N3O4. The van der Waals surface area contributed by atoms with Gasteiger partial charge in [0.05, 0.1) is 14.2 Å². The van der Waals surface area contributed by atoms with E-state index in [4.69, 9.17) is 15.2 Å². The highest BCUT2D eigenvalue weighted by Crippen LogP contribution is 2.28. The molecule has 1 unspecified atom stereocenters. The van der Waals surface area contributed by atoms with Gasteiger partial charge < -0.3 is 25.0 Å². The van der Waals surface area contributed by atoms with Crippen molar-refractivity contribution in [3.05, 3.63) is 59.7 Å². The van der Waals surface area contributed by atoms with E-state index in [0.29, 0.717) is 43.2 Å². The molecule has 0 aromatic heterocycles. The third-order valence-electron chi connectivity index (χ3n) is 4.93. The van der Waals surface area contributed by atoms with Crippen LogP contribution in [0.1, 0.15) is 22.0 Å². The predicted octanol–water partition coefficient (Wildman–Crippen LogP) is 1.69. The molecule has 0 aliphatic carbocycles. The number of hydrogen-bond donors (Lipinski definition) is 1. The molecule has 0 radical (unpaired) electrons. The van der Waals surface area contributed by atoms with Crippen molar-refractivity contribution in [1.82, 2.24) is 9.80 Å². The van der Waals surface area contributed by atoms with Gasteiger partial charge in [0, 0.05) is 31.7 Å². The van der Waals surface area contributed by atoms with Gasteiger partial charge >= 0.3 is 0 Å². The minimum absolute atomic E-state index is 0.0968. The van der Waals surface area contributed by atoms with Gasteiger partial charge in [0.15, 0.2) is 11.5 Å². The molecule has 1 aliphatic heterocycles. The Bertz CT molecular complexity index is 833. The second kappa shape index (κ2) is 8.75. The van der Waals surface area contributed by atoms with E-state index in [2.05, 4.69) is 0 Å². The lowest BCUT2D eigenvalue weighted by Crippen LogP contribution is -2.52. The van der Waals surface area contributed by atoms with Gasteiger partial charge in [-0.15, -0.1) is 0 Å². The molecule has 0 bridgehead atoms. The van der Waals surface area contributed by atoms with E-state index < -0.39 is 6.04 Å². The van der Waals surface area contributed by atoms with Gasteiger partial charge in [-0.05, 0) is 23.8 Å². The standard InChI is InChI=1S/C21H25N3O4/c1-27-17-9-8-16(14-18(17)28-2)20(25)23-10-12-24(13-11-23)21(26)19(22)15-6-4-3-5-7-15/h3-9,14,19H,10-13,22H2,1-2H3. The van der Waals surface area contributed by atoms with Gasteiger partial charge in [-0.3, -0.25) is 9.59 Å². The first-order chi connectivity index (χ1) is 13.5. The molecule has 0 saturated carbocycles. The van der Waals surface area contributed by atoms with Crippen molar-refractivity contribution in [1.29, 1.82) is 0 Å². The molecule has 0 spiro atoms. The Morgan fingerprint density at radius 3 is 2.11 bits per heavy atom. The summed E-state index contributed by atoms with van der Waals surface area (Å²) in [5.41, 5.74) is 7.43. The Hall–Kier alpha value is -3.06. The van der Waals surface area contributed by atoms with Crippen LogP contribution in [0.25, 0.3) is 0 Å². The van der Waals surface area contributed by atoms with E-state index in [0.717, 1.165) is 5.56 Å². The number of carbonyl (C=O) groups excluding carboxylic acids is 2. The maximum Gasteiger partial charge on any atom is 0.254 e. The van der Waals surface area contributed by atoms with Crippen molar-refractivity contribution < 1.29 is 19.1 Å². The van der Waals surface area contributed by atoms with Crippen molar-refractivity contribution >= 4 is 11.8 Å². The molecule has 148 valence electrons. The Kier molecular flexibility index (Phi) is 6.16. The fourth-order valence-electron chi connectivity index (χ4n) is 3.28. The number of nitrogens with zero attached hydrogens (tertiary/aromatic N) is 2. The Balaban J connectivity index is 1.62. The Labute approximate surface area is 164 Å². The lowest BCUT2D eigenvalue weighted by molar-refractivity contribution is -0.134. The Morgan fingerprint density at radius 1 is 0.893 bits per heavy atom. The number of hydrogen-bond acceptors (Lipinski definition) is 5. The molecule has 28 heavy (non-hydrogen) atoms. The monoisotopic (exact) mass is 383 g/mol. The summed E-state index contributed by atoms with van der Waals surface area (Å²) in [5.74, 6) is 0.866. The number of carbonyl (C=O) groups is 2. The number of methoxy groups -OCH3 is 2. The van der Waals surface area contributed by atoms with Crippen LogP contribution in [0.15, 0.2) is 48.5 Å². The van der Waals surface area contributed by atoms with Crippen LogP contribution in [-0.2, 0) is 4.79 Å². The molecule has 1 aliphatic rings. The smallest absolute Gasteiger partial charge is 0.254 e. The molecule has 1 fully saturated rings. The fourth-order valence-corrected chi connectivity index (χ4v) is 3.28. The molecule has 1 heterocycles. The van der Waals surface area contributed by atoms with Crippen molar-refractivity contribution in [2.75, 3.05) is 40.4 Å². The highest BCUT2D eigenvalue weighted by molar-refractivity contribution is 5.95. The quantitative estimate of drug-likeness (QED) is 0.849. The predicted molar refractivity (Wildman–Crippen MR) is 105 cm³/mol. The molecule has 3 rings (SSSR count). The van der Waals surface area contributed by atoms with E-state index in [1.807, 2.05) is 30.3 Å². The zero-order chi connectivity index (χ0) is 20.1. The third kappa shape index (κ3) is 4.09. The molecule has 2 aromatic carbocycles. The summed E-state index contributed by atoms with van der Waals surface area (Å²) in [5, 5.41) is 0. The molecule has 1 saturated heterocycles. The van der Waals surface area contributed by atoms with Crippen molar-refractivity contribution in [3.8, 4) is 11.5 Å². The van der Waals surface area contributed by atoms with Crippen LogP contribution >= 0.6 is 0 Å². The third-order valence-corrected chi connectivity index (χ3v) is 4.93. The summed E-state index contributed by atoms with van der Waals surface area (Å²) in [6.07, 6.45) is 0. The summed E-state index contributed by atoms with van der Waals surface area (Å²) < 4.78 is 10.5. The molecule has 2 amide bonds. The summed E-state index contributed by atoms with van der Waals surface area (Å²) >= 11 is 0. The number of piperazine rings is 1. The molecular weight excluding hydrogens is 358 g/mol. The van der Waals surface area contributed by atoms with Crippen molar-refractivity contribution in [2.24, 2.45) is 5.73 Å². The zero-order valence-corrected chi connectivity index (χ0v) is 16.1. The summed E-state index contributed by atoms with van der Waals surface area (Å²) in [6.45, 7) is 1.83. The van der Waals surface area contributed by atoms with E-state index in [1.54, 1.807) is 35.1 Å². The lowest BCUT2D eigenvalue weighted by Gasteiger charge is -2.36. The molecule has 7 heteroatoms. The Morgan fingerprint density at radius 2 is 1.50 bits per heavy atom. The normalized spacial score (nSPS) is 15.1. The number of rotatable bonds is 5. The van der Waals surface area contributed by atoms with Gasteiger partial charge in [-0.1, -0.05) is 30.3 Å². The van der Waals surface area contributed by atoms with Gasteiger partial charge in [0.25, 0.3) is 5.91 Å². The van der Waals surface area contributed by atoms with Gasteiger partial charge in [-0.25, -0.2) is 0 Å². The van der Waals surface area contributed by atoms with Gasteiger partial charge in [0.1, 0.15) is 6.04 Å². The lowest BCUT2D eigenvalue weighted by atomic mass is 10.1. The maximum absolute atomic E-state index is 12.8. The van der Waals surface area contributed by atoms with Gasteiger partial charge in [0.2, 0.25) is 5.91 Å².